The van der Waals surface area contributed by atoms with Crippen LogP contribution in [0.15, 0.2) is 24.3 Å². The summed E-state index contributed by atoms with van der Waals surface area (Å²) >= 11 is -1.00. The smallest absolute Gasteiger partial charge is 0.412 e. The molecule has 70 valence electrons. The monoisotopic (exact) mass is 243 g/mol. The summed E-state index contributed by atoms with van der Waals surface area (Å²) in [7, 11) is 0. The maximum absolute atomic E-state index is 10.6. The van der Waals surface area contributed by atoms with Crippen molar-refractivity contribution < 1.29 is 14.0 Å². The quantitative estimate of drug-likeness (QED) is 0.710. The summed E-state index contributed by atoms with van der Waals surface area (Å²) in [4.78, 5) is 10.6. The van der Waals surface area contributed by atoms with Gasteiger partial charge in [-0.1, -0.05) is 0 Å². The van der Waals surface area contributed by atoms with Crippen LogP contribution in [0.25, 0.3) is 0 Å². The average Bonchev–Trinajstić information content (AvgIpc) is 2.03. The molecule has 0 aliphatic heterocycles. The Bertz CT molecular complexity index is 314. The maximum Gasteiger partial charge on any atom is -0.412 e. The molecule has 5 heteroatoms. The Labute approximate surface area is 82.6 Å². The first-order chi connectivity index (χ1) is 5.72. The fraction of sp³-hybridized carbons (Fsp3) is 0.125. The summed E-state index contributed by atoms with van der Waals surface area (Å²) < 4.78 is 11.3. The van der Waals surface area contributed by atoms with Crippen molar-refractivity contribution in [1.29, 1.82) is 0 Å². The van der Waals surface area contributed by atoms with E-state index in [0.717, 1.165) is 4.35 Å². The second kappa shape index (κ2) is 5.62. The molecule has 0 heterocycles. The van der Waals surface area contributed by atoms with Crippen molar-refractivity contribution in [2.75, 3.05) is 5.32 Å². The molecule has 0 aromatic heterocycles. The van der Waals surface area contributed by atoms with Crippen molar-refractivity contribution in [3.05, 3.63) is 24.3 Å². The topological polar surface area (TPSA) is 77.7 Å². The first-order valence-corrected chi connectivity index (χ1v) is 5.14. The summed E-state index contributed by atoms with van der Waals surface area (Å²) in [6.07, 6.45) is 0. The number of nitrogens with one attached hydrogen (secondary N) is 1. The summed E-state index contributed by atoms with van der Waals surface area (Å²) in [5.74, 6) is -0.116. The SMILES string of the molecule is CC(=O)Nc1cccc([As]=O)c1.O. The van der Waals surface area contributed by atoms with E-state index in [0.29, 0.717) is 5.69 Å². The molecule has 1 aromatic rings. The summed E-state index contributed by atoms with van der Waals surface area (Å²) in [5.41, 5.74) is 0.700. The fourth-order valence-electron chi connectivity index (χ4n) is 0.844. The predicted octanol–water partition coefficient (Wildman–Crippen LogP) is -0.505. The number of carbonyl (C=O) groups is 1. The van der Waals surface area contributed by atoms with Gasteiger partial charge < -0.3 is 5.48 Å². The van der Waals surface area contributed by atoms with E-state index in [1.54, 1.807) is 24.3 Å². The average molecular weight is 243 g/mol. The number of hydrogen-bond donors (Lipinski definition) is 1. The zero-order chi connectivity index (χ0) is 8.97. The Balaban J connectivity index is 0.00000144. The van der Waals surface area contributed by atoms with Gasteiger partial charge in [-0.2, -0.15) is 0 Å². The fourth-order valence-corrected chi connectivity index (χ4v) is 1.55. The van der Waals surface area contributed by atoms with E-state index < -0.39 is 15.7 Å². The molecule has 0 radical (unpaired) electrons. The predicted molar refractivity (Wildman–Crippen MR) is 50.4 cm³/mol. The van der Waals surface area contributed by atoms with Gasteiger partial charge >= 0.3 is 76.7 Å². The number of hydrogen-bond acceptors (Lipinski definition) is 2. The third-order valence-corrected chi connectivity index (χ3v) is 2.30. The molecule has 1 aromatic carbocycles. The van der Waals surface area contributed by atoms with Crippen molar-refractivity contribution in [3.63, 3.8) is 0 Å². The molecule has 0 fully saturated rings. The van der Waals surface area contributed by atoms with Crippen LogP contribution in [0.3, 0.4) is 0 Å². The second-order valence-corrected chi connectivity index (χ2v) is 3.79. The van der Waals surface area contributed by atoms with Gasteiger partial charge in [0, 0.05) is 0 Å². The van der Waals surface area contributed by atoms with Crippen LogP contribution < -0.4 is 9.67 Å². The largest absolute Gasteiger partial charge is 0.412 e. The van der Waals surface area contributed by atoms with Crippen LogP contribution in [-0.2, 0) is 8.53 Å². The van der Waals surface area contributed by atoms with E-state index in [1.807, 2.05) is 0 Å². The molecule has 1 amide bonds. The van der Waals surface area contributed by atoms with E-state index in [-0.39, 0.29) is 11.4 Å². The number of benzene rings is 1. The summed E-state index contributed by atoms with van der Waals surface area (Å²) in [6, 6.07) is 7.03. The van der Waals surface area contributed by atoms with Crippen LogP contribution >= 0.6 is 0 Å². The Morgan fingerprint density at radius 2 is 2.15 bits per heavy atom. The standard InChI is InChI=1S/C8H8AsNO2.H2O/c1-6(11)10-8-4-2-3-7(5-8)9-12;/h2-5H,1H3,(H,10,11);1H2. The number of carbonyl (C=O) groups excluding carboxylic acids is 1. The van der Waals surface area contributed by atoms with Gasteiger partial charge in [0.25, 0.3) is 0 Å². The minimum absolute atomic E-state index is 0. The van der Waals surface area contributed by atoms with Crippen molar-refractivity contribution in [1.82, 2.24) is 0 Å². The van der Waals surface area contributed by atoms with Crippen LogP contribution in [0.5, 0.6) is 0 Å². The van der Waals surface area contributed by atoms with Gasteiger partial charge in [-0.05, 0) is 0 Å². The minimum atomic E-state index is -1.00. The number of anilines is 1. The van der Waals surface area contributed by atoms with Crippen LogP contribution in [0.1, 0.15) is 6.92 Å². The van der Waals surface area contributed by atoms with E-state index in [4.69, 9.17) is 0 Å². The van der Waals surface area contributed by atoms with Crippen LogP contribution in [0.4, 0.5) is 5.69 Å². The van der Waals surface area contributed by atoms with Gasteiger partial charge in [-0.3, -0.25) is 0 Å². The van der Waals surface area contributed by atoms with Gasteiger partial charge in [-0.25, -0.2) is 0 Å². The Hall–Kier alpha value is -0.992. The molecular formula is C8H10AsNO3. The molecule has 4 nitrogen and oxygen atoms in total. The van der Waals surface area contributed by atoms with E-state index in [1.165, 1.54) is 6.92 Å². The molecule has 3 N–H and O–H groups in total. The van der Waals surface area contributed by atoms with Crippen LogP contribution in [0.2, 0.25) is 0 Å². The molecule has 13 heavy (non-hydrogen) atoms. The summed E-state index contributed by atoms with van der Waals surface area (Å²) in [6.45, 7) is 1.44. The molecule has 0 bridgehead atoms. The minimum Gasteiger partial charge on any atom is -0.412 e. The molecule has 0 aliphatic rings. The van der Waals surface area contributed by atoms with Gasteiger partial charge in [-0.15, -0.1) is 0 Å². The zero-order valence-corrected chi connectivity index (χ0v) is 8.95. The van der Waals surface area contributed by atoms with Gasteiger partial charge in [0.1, 0.15) is 0 Å². The third kappa shape index (κ3) is 3.97. The molecule has 0 aliphatic carbocycles. The Kier molecular flexibility index (Phi) is 5.19. The molecular weight excluding hydrogens is 233 g/mol. The van der Waals surface area contributed by atoms with E-state index in [9.17, 15) is 8.53 Å². The van der Waals surface area contributed by atoms with Crippen LogP contribution in [0, 0.1) is 0 Å². The Morgan fingerprint density at radius 1 is 1.46 bits per heavy atom. The second-order valence-electron chi connectivity index (χ2n) is 2.32. The Morgan fingerprint density at radius 3 is 2.69 bits per heavy atom. The van der Waals surface area contributed by atoms with E-state index >= 15 is 0 Å². The normalized spacial score (nSPS) is 9.00. The van der Waals surface area contributed by atoms with E-state index in [2.05, 4.69) is 5.32 Å². The molecule has 0 atom stereocenters. The van der Waals surface area contributed by atoms with Crippen molar-refractivity contribution in [3.8, 4) is 0 Å². The van der Waals surface area contributed by atoms with Gasteiger partial charge in [0.05, 0.1) is 0 Å². The first-order valence-electron chi connectivity index (χ1n) is 3.43. The molecule has 0 saturated heterocycles. The molecule has 0 unspecified atom stereocenters. The summed E-state index contributed by atoms with van der Waals surface area (Å²) in [5, 5.41) is 2.62. The van der Waals surface area contributed by atoms with Crippen LogP contribution in [-0.4, -0.2) is 27.1 Å². The third-order valence-electron chi connectivity index (χ3n) is 1.27. The zero-order valence-electron chi connectivity index (χ0n) is 7.07. The number of rotatable bonds is 2. The van der Waals surface area contributed by atoms with Gasteiger partial charge in [0.2, 0.25) is 0 Å². The first kappa shape index (κ1) is 12.0. The van der Waals surface area contributed by atoms with Crippen molar-refractivity contribution >= 4 is 31.6 Å². The van der Waals surface area contributed by atoms with Gasteiger partial charge in [0.15, 0.2) is 0 Å². The van der Waals surface area contributed by atoms with Crippen molar-refractivity contribution in [2.24, 2.45) is 0 Å². The molecule has 1 rings (SSSR count). The number of amides is 1. The molecule has 0 saturated carbocycles. The van der Waals surface area contributed by atoms with Crippen molar-refractivity contribution in [2.45, 2.75) is 6.92 Å². The maximum atomic E-state index is 10.6. The molecule has 0 spiro atoms.